The van der Waals surface area contributed by atoms with Crippen LogP contribution < -0.4 is 5.32 Å². The van der Waals surface area contributed by atoms with Crippen molar-refractivity contribution in [2.75, 3.05) is 6.54 Å². The molecule has 0 saturated carbocycles. The largest absolute Gasteiger partial charge is 0.337 e. The fourth-order valence-electron chi connectivity index (χ4n) is 1.28. The van der Waals surface area contributed by atoms with Gasteiger partial charge in [-0.1, -0.05) is 0 Å². The first-order valence-corrected chi connectivity index (χ1v) is 4.95. The summed E-state index contributed by atoms with van der Waals surface area (Å²) in [4.78, 5) is 3.98. The lowest BCUT2D eigenvalue weighted by Gasteiger charge is -2.10. The molecular weight excluding hydrogens is 174 g/mol. The SMILES string of the molecule is C#CCC(C)NCCCn1ccnc1. The average Bonchev–Trinajstić information content (AvgIpc) is 2.65. The van der Waals surface area contributed by atoms with Crippen LogP contribution in [0.1, 0.15) is 19.8 Å². The predicted octanol–water partition coefficient (Wildman–Crippen LogP) is 1.27. The van der Waals surface area contributed by atoms with Crippen LogP contribution in [0.25, 0.3) is 0 Å². The summed E-state index contributed by atoms with van der Waals surface area (Å²) in [7, 11) is 0. The lowest BCUT2D eigenvalue weighted by Crippen LogP contribution is -2.27. The summed E-state index contributed by atoms with van der Waals surface area (Å²) < 4.78 is 2.08. The zero-order valence-corrected chi connectivity index (χ0v) is 8.61. The summed E-state index contributed by atoms with van der Waals surface area (Å²) in [5, 5.41) is 3.37. The molecular formula is C11H17N3. The summed E-state index contributed by atoms with van der Waals surface area (Å²) in [6.07, 6.45) is 12.7. The molecule has 1 N–H and O–H groups in total. The molecule has 0 fully saturated rings. The smallest absolute Gasteiger partial charge is 0.0945 e. The summed E-state index contributed by atoms with van der Waals surface area (Å²) in [6, 6.07) is 0.419. The number of hydrogen-bond acceptors (Lipinski definition) is 2. The van der Waals surface area contributed by atoms with Crippen molar-refractivity contribution in [2.24, 2.45) is 0 Å². The van der Waals surface area contributed by atoms with Crippen LogP contribution in [0.5, 0.6) is 0 Å². The minimum atomic E-state index is 0.419. The van der Waals surface area contributed by atoms with Gasteiger partial charge in [-0.25, -0.2) is 4.98 Å². The highest BCUT2D eigenvalue weighted by Gasteiger charge is 1.97. The fraction of sp³-hybridized carbons (Fsp3) is 0.545. The number of nitrogens with one attached hydrogen (secondary N) is 1. The van der Waals surface area contributed by atoms with Gasteiger partial charge in [0.1, 0.15) is 0 Å². The summed E-state index contributed by atoms with van der Waals surface area (Å²) in [6.45, 7) is 4.12. The molecule has 14 heavy (non-hydrogen) atoms. The van der Waals surface area contributed by atoms with Gasteiger partial charge in [0.2, 0.25) is 0 Å². The molecule has 3 heteroatoms. The van der Waals surface area contributed by atoms with Crippen molar-refractivity contribution in [1.29, 1.82) is 0 Å². The average molecular weight is 191 g/mol. The molecule has 1 unspecified atom stereocenters. The predicted molar refractivity (Wildman–Crippen MR) is 57.8 cm³/mol. The van der Waals surface area contributed by atoms with E-state index in [1.54, 1.807) is 6.20 Å². The monoisotopic (exact) mass is 191 g/mol. The highest BCUT2D eigenvalue weighted by Crippen LogP contribution is 1.91. The number of aryl methyl sites for hydroxylation is 1. The van der Waals surface area contributed by atoms with Crippen molar-refractivity contribution >= 4 is 0 Å². The molecule has 0 saturated heterocycles. The van der Waals surface area contributed by atoms with Crippen molar-refractivity contribution in [3.8, 4) is 12.3 Å². The van der Waals surface area contributed by atoms with Crippen molar-refractivity contribution in [3.63, 3.8) is 0 Å². The van der Waals surface area contributed by atoms with Gasteiger partial charge in [-0.15, -0.1) is 12.3 Å². The van der Waals surface area contributed by atoms with Crippen LogP contribution >= 0.6 is 0 Å². The van der Waals surface area contributed by atoms with Crippen LogP contribution in [0, 0.1) is 12.3 Å². The van der Waals surface area contributed by atoms with Crippen LogP contribution in [0.2, 0.25) is 0 Å². The number of imidazole rings is 1. The number of rotatable bonds is 6. The lowest BCUT2D eigenvalue weighted by atomic mass is 10.2. The molecule has 0 bridgehead atoms. The van der Waals surface area contributed by atoms with E-state index in [0.717, 1.165) is 25.9 Å². The van der Waals surface area contributed by atoms with Gasteiger partial charge in [0, 0.05) is 31.4 Å². The molecule has 1 heterocycles. The van der Waals surface area contributed by atoms with Gasteiger partial charge in [-0.3, -0.25) is 0 Å². The van der Waals surface area contributed by atoms with Crippen molar-refractivity contribution < 1.29 is 0 Å². The van der Waals surface area contributed by atoms with E-state index in [0.29, 0.717) is 6.04 Å². The third-order valence-corrected chi connectivity index (χ3v) is 2.07. The molecule has 3 nitrogen and oxygen atoms in total. The van der Waals surface area contributed by atoms with Gasteiger partial charge in [0.05, 0.1) is 6.33 Å². The maximum Gasteiger partial charge on any atom is 0.0945 e. The molecule has 0 amide bonds. The number of aromatic nitrogens is 2. The Hall–Kier alpha value is -1.27. The number of terminal acetylenes is 1. The van der Waals surface area contributed by atoms with Gasteiger partial charge in [0.15, 0.2) is 0 Å². The Kier molecular flexibility index (Phi) is 4.81. The van der Waals surface area contributed by atoms with Gasteiger partial charge in [-0.2, -0.15) is 0 Å². The van der Waals surface area contributed by atoms with Gasteiger partial charge >= 0.3 is 0 Å². The third kappa shape index (κ3) is 4.11. The first-order chi connectivity index (χ1) is 6.83. The second-order valence-electron chi connectivity index (χ2n) is 3.42. The van der Waals surface area contributed by atoms with E-state index in [1.165, 1.54) is 0 Å². The van der Waals surface area contributed by atoms with Gasteiger partial charge in [0.25, 0.3) is 0 Å². The second-order valence-corrected chi connectivity index (χ2v) is 3.42. The molecule has 0 spiro atoms. The van der Waals surface area contributed by atoms with Crippen LogP contribution in [-0.4, -0.2) is 22.1 Å². The molecule has 0 aliphatic rings. The standard InChI is InChI=1S/C11H17N3/c1-3-5-11(2)13-6-4-8-14-9-7-12-10-14/h1,7,9-11,13H,4-6,8H2,2H3. The maximum atomic E-state index is 5.21. The molecule has 76 valence electrons. The Bertz CT molecular complexity index is 271. The highest BCUT2D eigenvalue weighted by molar-refractivity contribution is 4.87. The highest BCUT2D eigenvalue weighted by atomic mass is 15.0. The van der Waals surface area contributed by atoms with Crippen molar-refractivity contribution in [3.05, 3.63) is 18.7 Å². The summed E-state index contributed by atoms with van der Waals surface area (Å²) in [5.74, 6) is 2.64. The Morgan fingerprint density at radius 2 is 2.50 bits per heavy atom. The molecule has 1 aromatic heterocycles. The zero-order chi connectivity index (χ0) is 10.2. The van der Waals surface area contributed by atoms with Crippen LogP contribution in [0.3, 0.4) is 0 Å². The maximum absolute atomic E-state index is 5.21. The topological polar surface area (TPSA) is 29.9 Å². The Balaban J connectivity index is 2.03. The van der Waals surface area contributed by atoms with E-state index in [-0.39, 0.29) is 0 Å². The molecule has 1 aromatic rings. The third-order valence-electron chi connectivity index (χ3n) is 2.07. The minimum absolute atomic E-state index is 0.419. The van der Waals surface area contributed by atoms with Gasteiger partial charge in [-0.05, 0) is 19.9 Å². The molecule has 0 aromatic carbocycles. The first kappa shape index (κ1) is 10.8. The molecule has 0 aliphatic heterocycles. The van der Waals surface area contributed by atoms with E-state index in [9.17, 15) is 0 Å². The summed E-state index contributed by atoms with van der Waals surface area (Å²) in [5.41, 5.74) is 0. The van der Waals surface area contributed by atoms with Crippen LogP contribution in [0.4, 0.5) is 0 Å². The van der Waals surface area contributed by atoms with Crippen LogP contribution in [0.15, 0.2) is 18.7 Å². The van der Waals surface area contributed by atoms with E-state index in [1.807, 2.05) is 12.5 Å². The van der Waals surface area contributed by atoms with Crippen LogP contribution in [-0.2, 0) is 6.54 Å². The molecule has 0 radical (unpaired) electrons. The van der Waals surface area contributed by atoms with E-state index in [4.69, 9.17) is 6.42 Å². The Morgan fingerprint density at radius 3 is 3.14 bits per heavy atom. The van der Waals surface area contributed by atoms with E-state index < -0.39 is 0 Å². The molecule has 1 rings (SSSR count). The Morgan fingerprint density at radius 1 is 1.64 bits per heavy atom. The minimum Gasteiger partial charge on any atom is -0.337 e. The normalized spacial score (nSPS) is 12.3. The van der Waals surface area contributed by atoms with Gasteiger partial charge < -0.3 is 9.88 Å². The van der Waals surface area contributed by atoms with Crippen molar-refractivity contribution in [2.45, 2.75) is 32.4 Å². The number of hydrogen-bond donors (Lipinski definition) is 1. The van der Waals surface area contributed by atoms with E-state index >= 15 is 0 Å². The number of nitrogens with zero attached hydrogens (tertiary/aromatic N) is 2. The second kappa shape index (κ2) is 6.22. The quantitative estimate of drug-likeness (QED) is 0.542. The summed E-state index contributed by atoms with van der Waals surface area (Å²) >= 11 is 0. The van der Waals surface area contributed by atoms with E-state index in [2.05, 4.69) is 27.7 Å². The molecule has 0 aliphatic carbocycles. The Labute approximate surface area is 85.5 Å². The lowest BCUT2D eigenvalue weighted by molar-refractivity contribution is 0.518. The first-order valence-electron chi connectivity index (χ1n) is 4.95. The van der Waals surface area contributed by atoms with Crippen molar-refractivity contribution in [1.82, 2.24) is 14.9 Å². The fourth-order valence-corrected chi connectivity index (χ4v) is 1.28. The molecule has 1 atom stereocenters. The zero-order valence-electron chi connectivity index (χ0n) is 8.61.